The lowest BCUT2D eigenvalue weighted by Gasteiger charge is -2.37. The van der Waals surface area contributed by atoms with Crippen LogP contribution >= 0.6 is 34.9 Å². The number of likely N-dealkylation sites (tertiary alicyclic amines) is 2. The zero-order valence-corrected chi connectivity index (χ0v) is 41.9. The Labute approximate surface area is 414 Å². The predicted octanol–water partition coefficient (Wildman–Crippen LogP) is 6.31. The van der Waals surface area contributed by atoms with Crippen molar-refractivity contribution in [2.24, 2.45) is 5.41 Å². The van der Waals surface area contributed by atoms with Crippen molar-refractivity contribution in [3.8, 4) is 0 Å². The molecule has 4 aliphatic heterocycles. The highest BCUT2D eigenvalue weighted by Gasteiger charge is 2.50. The zero-order chi connectivity index (χ0) is 50.4. The number of hydrogen-bond acceptors (Lipinski definition) is 10. The van der Waals surface area contributed by atoms with E-state index in [-0.39, 0.29) is 78.8 Å². The Kier molecular flexibility index (Phi) is 14.4. The van der Waals surface area contributed by atoms with Crippen molar-refractivity contribution in [3.05, 3.63) is 92.8 Å². The third-order valence-electron chi connectivity index (χ3n) is 13.4. The topological polar surface area (TPSA) is 226 Å². The monoisotopic (exact) mass is 1070 g/mol. The number of alkyl halides is 2. The largest absolute Gasteiger partial charge is 0.399 e. The molecule has 5 N–H and O–H groups in total. The zero-order valence-electron chi connectivity index (χ0n) is 38.6. The van der Waals surface area contributed by atoms with Crippen LogP contribution in [0.25, 0.3) is 10.1 Å². The molecule has 7 amide bonds. The Bertz CT molecular complexity index is 2810. The molecule has 3 fully saturated rings. The molecule has 70 heavy (non-hydrogen) atoms. The number of fused-ring (bicyclic) bond motifs is 2. The second kappa shape index (κ2) is 19.9. The number of nitrogens with zero attached hydrogens (tertiary/aromatic N) is 4. The van der Waals surface area contributed by atoms with Crippen LogP contribution in [0.15, 0.2) is 71.2 Å². The minimum absolute atomic E-state index is 0.000661. The number of rotatable bonds is 13. The standard InChI is InChI=1S/C48H53BrF2N7O10PS/c1-47(2,3)41(54-43(62)38-25-27-24-28(9-15-37(27)70-38)48(50,51)69(66,67)68)46(65)57-20-5-8-36(57)45(64)56(31-12-10-29(49)11-13-31)23-19-40(60)55-21-17-30(18-22-55)52-34-7-4-6-32-33(34)26-58(44(32)63)35-14-16-39(59)53-42(35)61/h4,6-7,9-13,15,24-25,30,35-36,41,52H,5,8,14,16-23,26H2,1-3H3,(H,54,62)(H,53,59,61)(H2,66,67,68)/t35?,36-,41?/m0/s1. The summed E-state index contributed by atoms with van der Waals surface area (Å²) in [5, 5.41) is 8.86. The maximum absolute atomic E-state index is 14.7. The lowest BCUT2D eigenvalue weighted by atomic mass is 9.85. The Balaban J connectivity index is 0.910. The second-order valence-electron chi connectivity index (χ2n) is 19.2. The smallest absolute Gasteiger partial charge is 0.382 e. The lowest BCUT2D eigenvalue weighted by molar-refractivity contribution is -0.141. The second-order valence-corrected chi connectivity index (χ2v) is 22.8. The fraction of sp³-hybridized carbons (Fsp3) is 0.438. The third-order valence-corrected chi connectivity index (χ3v) is 16.0. The van der Waals surface area contributed by atoms with E-state index < -0.39 is 60.1 Å². The van der Waals surface area contributed by atoms with Gasteiger partial charge < -0.3 is 40.0 Å². The summed E-state index contributed by atoms with van der Waals surface area (Å²) in [7, 11) is -5.83. The van der Waals surface area contributed by atoms with Gasteiger partial charge in [-0.1, -0.05) is 48.8 Å². The summed E-state index contributed by atoms with van der Waals surface area (Å²) in [5.41, 5.74) is -3.63. The Morgan fingerprint density at radius 1 is 0.957 bits per heavy atom. The Hall–Kier alpha value is -5.60. The summed E-state index contributed by atoms with van der Waals surface area (Å²) in [6.45, 7) is 6.65. The van der Waals surface area contributed by atoms with Gasteiger partial charge in [-0.3, -0.25) is 43.4 Å². The number of imide groups is 1. The van der Waals surface area contributed by atoms with Gasteiger partial charge in [0.2, 0.25) is 29.5 Å². The molecule has 0 spiro atoms. The van der Waals surface area contributed by atoms with E-state index in [4.69, 9.17) is 0 Å². The maximum atomic E-state index is 14.7. The molecule has 0 bridgehead atoms. The van der Waals surface area contributed by atoms with Crippen molar-refractivity contribution < 1.29 is 56.7 Å². The quantitative estimate of drug-likeness (QED) is 0.0737. The number of carbonyl (C=O) groups is 7. The highest BCUT2D eigenvalue weighted by Crippen LogP contribution is 2.59. The van der Waals surface area contributed by atoms with Crippen molar-refractivity contribution in [2.75, 3.05) is 36.4 Å². The van der Waals surface area contributed by atoms with Crippen LogP contribution in [0, 0.1) is 5.41 Å². The van der Waals surface area contributed by atoms with E-state index in [9.17, 15) is 56.7 Å². The molecule has 8 rings (SSSR count). The first-order chi connectivity index (χ1) is 33.0. The van der Waals surface area contributed by atoms with Gasteiger partial charge in [0.25, 0.3) is 11.8 Å². The molecule has 4 aliphatic rings. The molecule has 0 aliphatic carbocycles. The van der Waals surface area contributed by atoms with Crippen LogP contribution in [-0.4, -0.2) is 116 Å². The van der Waals surface area contributed by atoms with Crippen LogP contribution in [0.3, 0.4) is 0 Å². The molecule has 3 atom stereocenters. The predicted molar refractivity (Wildman–Crippen MR) is 260 cm³/mol. The minimum Gasteiger partial charge on any atom is -0.382 e. The fourth-order valence-electron chi connectivity index (χ4n) is 9.56. The average molecular weight is 1070 g/mol. The van der Waals surface area contributed by atoms with Gasteiger partial charge in [0.15, 0.2) is 0 Å². The SMILES string of the molecule is CC(C)(C)C(NC(=O)c1cc2cc(C(F)(F)P(=O)(O)O)ccc2s1)C(=O)N1CCC[C@H]1C(=O)N(CCC(=O)N1CCC(Nc2cccc3c2CN(C2CCC(=O)NC2=O)C3=O)CC1)c1ccc(Br)cc1. The van der Waals surface area contributed by atoms with Crippen LogP contribution < -0.4 is 20.9 Å². The van der Waals surface area contributed by atoms with Gasteiger partial charge in [-0.15, -0.1) is 11.3 Å². The number of amides is 7. The Morgan fingerprint density at radius 3 is 2.34 bits per heavy atom. The van der Waals surface area contributed by atoms with E-state index in [0.717, 1.165) is 39.2 Å². The number of hydrogen-bond donors (Lipinski definition) is 5. The average Bonchev–Trinajstić information content (AvgIpc) is 4.06. The summed E-state index contributed by atoms with van der Waals surface area (Å²) in [4.78, 5) is 119. The highest BCUT2D eigenvalue weighted by atomic mass is 79.9. The molecular formula is C48H53BrF2N7O10PS. The first-order valence-electron chi connectivity index (χ1n) is 23.0. The molecule has 22 heteroatoms. The first kappa shape index (κ1) is 50.8. The number of anilines is 2. The number of piperidine rings is 2. The maximum Gasteiger partial charge on any atom is 0.399 e. The van der Waals surface area contributed by atoms with Gasteiger partial charge in [0, 0.05) is 88.8 Å². The summed E-state index contributed by atoms with van der Waals surface area (Å²) in [6.07, 6.45) is 2.49. The first-order valence-corrected chi connectivity index (χ1v) is 26.2. The fourth-order valence-corrected chi connectivity index (χ4v) is 11.2. The molecule has 3 saturated heterocycles. The number of nitrogens with one attached hydrogen (secondary N) is 3. The molecule has 0 radical (unpaired) electrons. The number of thiophene rings is 1. The van der Waals surface area contributed by atoms with Gasteiger partial charge in [0.1, 0.15) is 18.1 Å². The van der Waals surface area contributed by atoms with Crippen LogP contribution in [-0.2, 0) is 40.7 Å². The number of halogens is 3. The van der Waals surface area contributed by atoms with E-state index in [2.05, 4.69) is 31.9 Å². The van der Waals surface area contributed by atoms with Crippen LogP contribution in [0.4, 0.5) is 20.2 Å². The molecule has 4 aromatic rings. The van der Waals surface area contributed by atoms with Gasteiger partial charge in [-0.2, -0.15) is 8.78 Å². The van der Waals surface area contributed by atoms with E-state index in [1.165, 1.54) is 26.8 Å². The van der Waals surface area contributed by atoms with Gasteiger partial charge in [-0.05, 0) is 97.5 Å². The highest BCUT2D eigenvalue weighted by molar-refractivity contribution is 9.10. The summed E-state index contributed by atoms with van der Waals surface area (Å²) >= 11 is 4.41. The number of benzene rings is 3. The Morgan fingerprint density at radius 2 is 1.67 bits per heavy atom. The summed E-state index contributed by atoms with van der Waals surface area (Å²) < 4.78 is 41.7. The van der Waals surface area contributed by atoms with Crippen LogP contribution in [0.1, 0.15) is 96.9 Å². The van der Waals surface area contributed by atoms with Crippen molar-refractivity contribution in [1.82, 2.24) is 25.3 Å². The van der Waals surface area contributed by atoms with Gasteiger partial charge >= 0.3 is 13.3 Å². The molecular weight excluding hydrogens is 1020 g/mol. The lowest BCUT2D eigenvalue weighted by Crippen LogP contribution is -2.58. The van der Waals surface area contributed by atoms with Crippen LogP contribution in [0.2, 0.25) is 0 Å². The molecule has 17 nitrogen and oxygen atoms in total. The molecule has 2 unspecified atom stereocenters. The summed E-state index contributed by atoms with van der Waals surface area (Å²) in [6, 6.07) is 14.1. The minimum atomic E-state index is -5.83. The normalized spacial score (nSPS) is 19.5. The van der Waals surface area contributed by atoms with Crippen molar-refractivity contribution in [2.45, 2.75) is 102 Å². The third kappa shape index (κ3) is 10.4. The van der Waals surface area contributed by atoms with Crippen molar-refractivity contribution in [1.29, 1.82) is 0 Å². The van der Waals surface area contributed by atoms with Gasteiger partial charge in [0.05, 0.1) is 4.88 Å². The van der Waals surface area contributed by atoms with E-state index >= 15 is 0 Å². The molecule has 5 heterocycles. The van der Waals surface area contributed by atoms with Gasteiger partial charge in [-0.25, -0.2) is 0 Å². The summed E-state index contributed by atoms with van der Waals surface area (Å²) in [5.74, 6) is -2.80. The molecule has 3 aromatic carbocycles. The molecule has 372 valence electrons. The molecule has 1 aromatic heterocycles. The van der Waals surface area contributed by atoms with Crippen LogP contribution in [0.5, 0.6) is 0 Å². The number of carbonyl (C=O) groups excluding carboxylic acids is 7. The van der Waals surface area contributed by atoms with E-state index in [1.807, 2.05) is 6.07 Å². The van der Waals surface area contributed by atoms with E-state index in [1.54, 1.807) is 62.1 Å². The van der Waals surface area contributed by atoms with E-state index in [0.29, 0.717) is 54.7 Å². The van der Waals surface area contributed by atoms with Crippen molar-refractivity contribution >= 4 is 97.7 Å². The molecule has 0 saturated carbocycles. The van der Waals surface area contributed by atoms with Crippen molar-refractivity contribution in [3.63, 3.8) is 0 Å².